The third-order valence-corrected chi connectivity index (χ3v) is 11.0. The van der Waals surface area contributed by atoms with E-state index in [1.165, 1.54) is 36.4 Å². The van der Waals surface area contributed by atoms with Gasteiger partial charge >= 0.3 is 0 Å². The highest BCUT2D eigenvalue weighted by atomic mass is 35.5. The van der Waals surface area contributed by atoms with Crippen LogP contribution in [-0.4, -0.2) is 66.8 Å². The van der Waals surface area contributed by atoms with Crippen molar-refractivity contribution in [2.45, 2.75) is 19.6 Å². The first-order chi connectivity index (χ1) is 25.6. The SMILES string of the molecule is Nc1nc(Cl)nc(Nc2ccc(N=Nc3ccc(N=Nc4cc(S(=O)(=O)O)ccc4S(=O)(=O)O)c4cc(S(=O)(=O)O)ccc34)c3ccc(S(=O)(=O)O)cc23)n1. The third kappa shape index (κ3) is 8.69. The number of aromatic nitrogens is 3. The van der Waals surface area contributed by atoms with E-state index in [9.17, 15) is 51.9 Å². The van der Waals surface area contributed by atoms with E-state index in [4.69, 9.17) is 17.3 Å². The third-order valence-electron chi connectivity index (χ3n) is 7.41. The molecule has 0 saturated heterocycles. The Hall–Kier alpha value is -5.64. The number of nitrogens with one attached hydrogen (secondary N) is 1. The molecule has 0 saturated carbocycles. The Kier molecular flexibility index (Phi) is 10.1. The standard InChI is InChI=1S/C29H20ClN9O12S4/c30-27-33-28(31)35-29(34-27)32-21-6-7-22(17-4-1-14(11-19(17)21)52(40,41)42)36-37-23-8-9-24(20-12-15(53(43,44)45)2-5-18(20)23)38-39-25-13-16(54(46,47)48)3-10-26(25)55(49,50)51/h1-13H,(H,40,41,42)(H,43,44,45)(H,46,47,48)(H,49,50,51)(H3,31,32,33,34,35). The minimum atomic E-state index is -4.99. The van der Waals surface area contributed by atoms with Crippen LogP contribution in [0.5, 0.6) is 0 Å². The minimum Gasteiger partial charge on any atom is -0.368 e. The zero-order valence-corrected chi connectivity index (χ0v) is 30.8. The van der Waals surface area contributed by atoms with Crippen LogP contribution in [0.4, 0.5) is 40.3 Å². The molecule has 0 amide bonds. The molecule has 0 atom stereocenters. The number of hydrogen-bond acceptors (Lipinski definition) is 17. The summed E-state index contributed by atoms with van der Waals surface area (Å²) >= 11 is 5.88. The van der Waals surface area contributed by atoms with Crippen molar-refractivity contribution in [3.05, 3.63) is 84.1 Å². The maximum absolute atomic E-state index is 12.0. The first-order valence-electron chi connectivity index (χ1n) is 14.5. The van der Waals surface area contributed by atoms with Gasteiger partial charge < -0.3 is 11.1 Å². The molecule has 0 spiro atoms. The number of benzene rings is 5. The number of nitrogens with zero attached hydrogens (tertiary/aromatic N) is 7. The van der Waals surface area contributed by atoms with Gasteiger partial charge in [0.05, 0.1) is 31.7 Å². The molecule has 0 unspecified atom stereocenters. The summed E-state index contributed by atoms with van der Waals surface area (Å²) in [7, 11) is -19.3. The largest absolute Gasteiger partial charge is 0.368 e. The van der Waals surface area contributed by atoms with Gasteiger partial charge in [0.2, 0.25) is 17.2 Å². The van der Waals surface area contributed by atoms with Crippen LogP contribution in [0.25, 0.3) is 21.5 Å². The Morgan fingerprint density at radius 3 is 1.49 bits per heavy atom. The number of nitrogen functional groups attached to an aromatic ring is 1. The van der Waals surface area contributed by atoms with Crippen molar-refractivity contribution >= 4 is 114 Å². The summed E-state index contributed by atoms with van der Waals surface area (Å²) in [6.45, 7) is 0. The second-order valence-electron chi connectivity index (χ2n) is 11.0. The number of azo groups is 2. The topological polar surface area (TPSA) is 344 Å². The van der Waals surface area contributed by atoms with Crippen LogP contribution in [0.2, 0.25) is 5.28 Å². The molecule has 26 heteroatoms. The van der Waals surface area contributed by atoms with Crippen LogP contribution >= 0.6 is 11.6 Å². The lowest BCUT2D eigenvalue weighted by molar-refractivity contribution is 0.478. The number of rotatable bonds is 10. The Labute approximate surface area is 314 Å². The first-order valence-corrected chi connectivity index (χ1v) is 20.7. The number of halogens is 1. The normalized spacial score (nSPS) is 13.0. The average Bonchev–Trinajstić information content (AvgIpc) is 3.08. The molecule has 55 heavy (non-hydrogen) atoms. The predicted molar refractivity (Wildman–Crippen MR) is 194 cm³/mol. The molecule has 284 valence electrons. The van der Waals surface area contributed by atoms with Crippen molar-refractivity contribution < 1.29 is 51.9 Å². The second kappa shape index (κ2) is 14.2. The summed E-state index contributed by atoms with van der Waals surface area (Å²) in [5.74, 6) is -0.313. The summed E-state index contributed by atoms with van der Waals surface area (Å²) in [5.41, 5.74) is 5.21. The molecule has 6 aromatic rings. The van der Waals surface area contributed by atoms with Crippen LogP contribution in [0.3, 0.4) is 0 Å². The van der Waals surface area contributed by atoms with Gasteiger partial charge in [-0.3, -0.25) is 18.2 Å². The molecule has 5 aromatic carbocycles. The van der Waals surface area contributed by atoms with Gasteiger partial charge in [-0.2, -0.15) is 48.6 Å². The molecule has 21 nitrogen and oxygen atoms in total. The first kappa shape index (κ1) is 39.1. The Balaban J connectivity index is 1.48. The van der Waals surface area contributed by atoms with E-state index in [2.05, 4.69) is 40.7 Å². The molecule has 7 N–H and O–H groups in total. The van der Waals surface area contributed by atoms with Gasteiger partial charge in [0.1, 0.15) is 10.6 Å². The van der Waals surface area contributed by atoms with E-state index >= 15 is 0 Å². The molecular formula is C29H20ClN9O12S4. The summed E-state index contributed by atoms with van der Waals surface area (Å²) in [4.78, 5) is 8.80. The molecule has 1 aromatic heterocycles. The van der Waals surface area contributed by atoms with Gasteiger partial charge in [-0.25, -0.2) is 0 Å². The van der Waals surface area contributed by atoms with Crippen molar-refractivity contribution in [3.63, 3.8) is 0 Å². The fourth-order valence-corrected chi connectivity index (χ4v) is 7.29. The molecule has 6 rings (SSSR count). The highest BCUT2D eigenvalue weighted by molar-refractivity contribution is 7.86. The zero-order valence-electron chi connectivity index (χ0n) is 26.8. The van der Waals surface area contributed by atoms with E-state index in [-0.39, 0.29) is 56.1 Å². The van der Waals surface area contributed by atoms with Gasteiger partial charge in [-0.15, -0.1) is 20.5 Å². The fourth-order valence-electron chi connectivity index (χ4n) is 5.01. The van der Waals surface area contributed by atoms with Gasteiger partial charge in [-0.1, -0.05) is 12.1 Å². The number of hydrogen-bond donors (Lipinski definition) is 6. The predicted octanol–water partition coefficient (Wildman–Crippen LogP) is 5.97. The van der Waals surface area contributed by atoms with Gasteiger partial charge in [0.15, 0.2) is 0 Å². The Morgan fingerprint density at radius 1 is 0.509 bits per heavy atom. The van der Waals surface area contributed by atoms with Gasteiger partial charge in [0, 0.05) is 27.2 Å². The van der Waals surface area contributed by atoms with Crippen LogP contribution in [-0.2, 0) is 40.5 Å². The average molecular weight is 850 g/mol. The quantitative estimate of drug-likeness (QED) is 0.0682. The molecule has 0 aliphatic carbocycles. The lowest BCUT2D eigenvalue weighted by atomic mass is 10.1. The molecule has 0 bridgehead atoms. The maximum Gasteiger partial charge on any atom is 0.296 e. The zero-order chi connectivity index (χ0) is 40.1. The van der Waals surface area contributed by atoms with Crippen LogP contribution in [0.1, 0.15) is 0 Å². The number of nitrogens with two attached hydrogens (primary N) is 1. The van der Waals surface area contributed by atoms with E-state index in [1.807, 2.05) is 0 Å². The van der Waals surface area contributed by atoms with Crippen molar-refractivity contribution in [2.24, 2.45) is 20.5 Å². The fraction of sp³-hybridized carbons (Fsp3) is 0. The summed E-state index contributed by atoms with van der Waals surface area (Å²) < 4.78 is 134. The minimum absolute atomic E-state index is 0.0489. The molecule has 0 aliphatic heterocycles. The Bertz CT molecular complexity index is 3090. The second-order valence-corrected chi connectivity index (χ2v) is 17.0. The summed E-state index contributed by atoms with van der Waals surface area (Å²) in [5, 5.41) is 19.4. The van der Waals surface area contributed by atoms with Crippen molar-refractivity contribution in [2.75, 3.05) is 11.1 Å². The van der Waals surface area contributed by atoms with Crippen molar-refractivity contribution in [1.29, 1.82) is 0 Å². The Morgan fingerprint density at radius 2 is 0.964 bits per heavy atom. The molecule has 0 radical (unpaired) electrons. The number of anilines is 3. The van der Waals surface area contributed by atoms with Crippen LogP contribution in [0.15, 0.2) is 119 Å². The smallest absolute Gasteiger partial charge is 0.296 e. The molecular weight excluding hydrogens is 830 g/mol. The van der Waals surface area contributed by atoms with E-state index in [0.29, 0.717) is 23.6 Å². The number of fused-ring (bicyclic) bond motifs is 2. The highest BCUT2D eigenvalue weighted by Gasteiger charge is 2.21. The molecule has 0 aliphatic rings. The molecule has 0 fully saturated rings. The summed E-state index contributed by atoms with van der Waals surface area (Å²) in [6, 6.07) is 14.4. The maximum atomic E-state index is 12.0. The van der Waals surface area contributed by atoms with E-state index in [0.717, 1.165) is 24.3 Å². The lowest BCUT2D eigenvalue weighted by Crippen LogP contribution is -2.04. The lowest BCUT2D eigenvalue weighted by Gasteiger charge is -2.12. The van der Waals surface area contributed by atoms with Gasteiger partial charge in [0.25, 0.3) is 40.5 Å². The van der Waals surface area contributed by atoms with Gasteiger partial charge in [-0.05, 0) is 78.3 Å². The van der Waals surface area contributed by atoms with Crippen molar-refractivity contribution in [1.82, 2.24) is 15.0 Å². The van der Waals surface area contributed by atoms with E-state index in [1.54, 1.807) is 0 Å². The van der Waals surface area contributed by atoms with E-state index < -0.39 is 65.7 Å². The highest BCUT2D eigenvalue weighted by Crippen LogP contribution is 2.40. The van der Waals surface area contributed by atoms with Crippen LogP contribution in [0, 0.1) is 0 Å². The van der Waals surface area contributed by atoms with Crippen molar-refractivity contribution in [3.8, 4) is 0 Å². The summed E-state index contributed by atoms with van der Waals surface area (Å²) in [6.07, 6.45) is 0. The molecule has 1 heterocycles. The van der Waals surface area contributed by atoms with Crippen LogP contribution < -0.4 is 11.1 Å². The monoisotopic (exact) mass is 849 g/mol.